The maximum absolute atomic E-state index is 10.9. The number of aryl methyl sites for hydroxylation is 1. The molecule has 1 atom stereocenters. The summed E-state index contributed by atoms with van der Waals surface area (Å²) < 4.78 is 10.9. The molecule has 0 bridgehead atoms. The summed E-state index contributed by atoms with van der Waals surface area (Å²) in [5.41, 5.74) is 0.624. The quantitative estimate of drug-likeness (QED) is 0.638. The third kappa shape index (κ3) is 4.61. The van der Waals surface area contributed by atoms with Gasteiger partial charge in [0.1, 0.15) is 0 Å². The first-order valence-electron chi connectivity index (χ1n) is 4.07. The van der Waals surface area contributed by atoms with Crippen LogP contribution >= 0.6 is 8.03 Å². The average molecular weight is 279 g/mol. The van der Waals surface area contributed by atoms with Crippen molar-refractivity contribution in [1.82, 2.24) is 0 Å². The third-order valence-electron chi connectivity index (χ3n) is 1.81. The Morgan fingerprint density at radius 2 is 1.93 bits per heavy atom. The standard InChI is InChI=1S/C9H9O4P.Zn/c10-9(11)6-5-7-3-1-2-4-8(7)14(12)13;/h1-4H,5-6H2,(H-,10,11,12,13);/p+1. The largest absolute Gasteiger partial charge is 0.546 e. The number of hydrogen-bond donors (Lipinski definition) is 2. The molecule has 0 heterocycles. The van der Waals surface area contributed by atoms with Gasteiger partial charge >= 0.3 is 14.0 Å². The zero-order valence-electron chi connectivity index (χ0n) is 8.09. The fourth-order valence-corrected chi connectivity index (χ4v) is 1.80. The van der Waals surface area contributed by atoms with Crippen LogP contribution in [0.5, 0.6) is 0 Å². The number of carboxylic acid groups (broad SMARTS) is 1. The summed E-state index contributed by atoms with van der Waals surface area (Å²) in [4.78, 5) is 19.3. The Bertz CT molecular complexity index is 367. The smallest absolute Gasteiger partial charge is 0.481 e. The second-order valence-corrected chi connectivity index (χ2v) is 3.82. The van der Waals surface area contributed by atoms with Crippen LogP contribution in [0.1, 0.15) is 12.0 Å². The Kier molecular flexibility index (Phi) is 6.50. The van der Waals surface area contributed by atoms with E-state index in [2.05, 4.69) is 0 Å². The number of benzene rings is 1. The number of hydrogen-bond acceptors (Lipinski definition) is 2. The van der Waals surface area contributed by atoms with Gasteiger partial charge in [0, 0.05) is 31.5 Å². The van der Waals surface area contributed by atoms with E-state index in [1.165, 1.54) is 6.07 Å². The molecule has 4 nitrogen and oxygen atoms in total. The van der Waals surface area contributed by atoms with Crippen LogP contribution in [0.25, 0.3) is 0 Å². The molecular formula is C9H10O4PZn+. The van der Waals surface area contributed by atoms with Gasteiger partial charge in [0.15, 0.2) is 0 Å². The van der Waals surface area contributed by atoms with E-state index >= 15 is 0 Å². The van der Waals surface area contributed by atoms with Crippen molar-refractivity contribution < 1.29 is 38.8 Å². The fourth-order valence-electron chi connectivity index (χ4n) is 1.15. The molecule has 0 aromatic heterocycles. The summed E-state index contributed by atoms with van der Waals surface area (Å²) in [6.07, 6.45) is 0.257. The molecule has 6 heteroatoms. The van der Waals surface area contributed by atoms with Crippen molar-refractivity contribution in [1.29, 1.82) is 0 Å². The van der Waals surface area contributed by atoms with Crippen LogP contribution in [0.4, 0.5) is 0 Å². The normalized spacial score (nSPS) is 10.3. The summed E-state index contributed by atoms with van der Waals surface area (Å²) in [5.74, 6) is -0.909. The topological polar surface area (TPSA) is 74.6 Å². The Balaban J connectivity index is 0.00000196. The summed E-state index contributed by atoms with van der Waals surface area (Å²) in [6, 6.07) is 6.58. The minimum atomic E-state index is -2.39. The second kappa shape index (κ2) is 6.78. The van der Waals surface area contributed by atoms with Crippen molar-refractivity contribution >= 4 is 19.3 Å². The van der Waals surface area contributed by atoms with Crippen LogP contribution in [-0.2, 0) is 35.3 Å². The van der Waals surface area contributed by atoms with Crippen LogP contribution in [0.2, 0.25) is 0 Å². The molecule has 1 aromatic carbocycles. The van der Waals surface area contributed by atoms with E-state index in [9.17, 15) is 9.36 Å². The van der Waals surface area contributed by atoms with Gasteiger partial charge in [-0.05, 0) is 17.1 Å². The monoisotopic (exact) mass is 277 g/mol. The first kappa shape index (κ1) is 14.4. The van der Waals surface area contributed by atoms with Gasteiger partial charge in [-0.2, -0.15) is 4.89 Å². The SMILES string of the molecule is O=C(O)CCc1ccccc1[P+](=O)O.[Zn]. The van der Waals surface area contributed by atoms with E-state index in [1.54, 1.807) is 18.2 Å². The van der Waals surface area contributed by atoms with Gasteiger partial charge < -0.3 is 5.11 Å². The third-order valence-corrected chi connectivity index (χ3v) is 2.65. The molecule has 0 fully saturated rings. The van der Waals surface area contributed by atoms with E-state index < -0.39 is 14.0 Å². The molecule has 1 rings (SSSR count). The fraction of sp³-hybridized carbons (Fsp3) is 0.222. The zero-order valence-corrected chi connectivity index (χ0v) is 12.0. The average Bonchev–Trinajstić information content (AvgIpc) is 2.15. The van der Waals surface area contributed by atoms with Crippen molar-refractivity contribution in [3.05, 3.63) is 29.8 Å². The number of rotatable bonds is 4. The van der Waals surface area contributed by atoms with E-state index in [-0.39, 0.29) is 32.3 Å². The Labute approximate surface area is 101 Å². The van der Waals surface area contributed by atoms with Crippen molar-refractivity contribution in [2.45, 2.75) is 12.8 Å². The van der Waals surface area contributed by atoms with E-state index in [4.69, 9.17) is 10.00 Å². The van der Waals surface area contributed by atoms with Gasteiger partial charge in [-0.3, -0.25) is 4.79 Å². The molecule has 0 saturated heterocycles. The Morgan fingerprint density at radius 1 is 1.33 bits per heavy atom. The molecule has 0 saturated carbocycles. The molecule has 0 aliphatic heterocycles. The molecule has 15 heavy (non-hydrogen) atoms. The summed E-state index contributed by atoms with van der Waals surface area (Å²) in [7, 11) is -2.39. The molecule has 0 spiro atoms. The van der Waals surface area contributed by atoms with Crippen molar-refractivity contribution in [3.8, 4) is 0 Å². The van der Waals surface area contributed by atoms with Crippen LogP contribution in [0.15, 0.2) is 24.3 Å². The summed E-state index contributed by atoms with van der Waals surface area (Å²) in [5, 5.41) is 8.79. The Hall–Kier alpha value is -0.627. The predicted molar refractivity (Wildman–Crippen MR) is 51.9 cm³/mol. The van der Waals surface area contributed by atoms with Gasteiger partial charge in [0.2, 0.25) is 5.30 Å². The molecule has 1 aromatic rings. The molecule has 76 valence electrons. The zero-order chi connectivity index (χ0) is 10.6. The second-order valence-electron chi connectivity index (χ2n) is 2.80. The van der Waals surface area contributed by atoms with Crippen molar-refractivity contribution in [2.75, 3.05) is 0 Å². The summed E-state index contributed by atoms with van der Waals surface area (Å²) >= 11 is 0. The van der Waals surface area contributed by atoms with Crippen LogP contribution in [0, 0.1) is 0 Å². The molecule has 0 aliphatic rings. The van der Waals surface area contributed by atoms with Crippen molar-refractivity contribution in [3.63, 3.8) is 0 Å². The molecule has 2 N–H and O–H groups in total. The number of carboxylic acids is 1. The minimum Gasteiger partial charge on any atom is -0.481 e. The Morgan fingerprint density at radius 3 is 2.47 bits per heavy atom. The molecular weight excluding hydrogens is 268 g/mol. The summed E-state index contributed by atoms with van der Waals surface area (Å²) in [6.45, 7) is 0. The predicted octanol–water partition coefficient (Wildman–Crippen LogP) is 1.06. The molecule has 0 aliphatic carbocycles. The van der Waals surface area contributed by atoms with Gasteiger partial charge in [-0.25, -0.2) is 0 Å². The van der Waals surface area contributed by atoms with Crippen LogP contribution in [0.3, 0.4) is 0 Å². The van der Waals surface area contributed by atoms with Crippen molar-refractivity contribution in [2.24, 2.45) is 0 Å². The molecule has 0 amide bonds. The van der Waals surface area contributed by atoms with Crippen LogP contribution in [-0.4, -0.2) is 16.0 Å². The van der Waals surface area contributed by atoms with Gasteiger partial charge in [-0.1, -0.05) is 18.2 Å². The van der Waals surface area contributed by atoms with Gasteiger partial charge in [0.05, 0.1) is 0 Å². The first-order valence-corrected chi connectivity index (χ1v) is 5.28. The maximum Gasteiger partial charge on any atom is 0.546 e. The first-order chi connectivity index (χ1) is 6.61. The minimum absolute atomic E-state index is 0. The van der Waals surface area contributed by atoms with Gasteiger partial charge in [0.25, 0.3) is 0 Å². The molecule has 0 radical (unpaired) electrons. The van der Waals surface area contributed by atoms with E-state index in [1.807, 2.05) is 0 Å². The van der Waals surface area contributed by atoms with E-state index in [0.717, 1.165) is 0 Å². The number of carbonyl (C=O) groups is 1. The van der Waals surface area contributed by atoms with E-state index in [0.29, 0.717) is 10.9 Å². The van der Waals surface area contributed by atoms with Gasteiger partial charge in [-0.15, -0.1) is 0 Å². The maximum atomic E-state index is 10.9. The molecule has 1 unspecified atom stereocenters. The van der Waals surface area contributed by atoms with Crippen LogP contribution < -0.4 is 5.30 Å². The number of aliphatic carboxylic acids is 1.